The molecule has 0 saturated heterocycles. The van der Waals surface area contributed by atoms with E-state index < -0.39 is 0 Å². The van der Waals surface area contributed by atoms with E-state index in [1.165, 1.54) is 32.1 Å². The van der Waals surface area contributed by atoms with Crippen LogP contribution in [0.1, 0.15) is 52.4 Å². The van der Waals surface area contributed by atoms with Crippen LogP contribution in [0.5, 0.6) is 0 Å². The van der Waals surface area contributed by atoms with Crippen LogP contribution in [-0.2, 0) is 0 Å². The Kier molecular flexibility index (Phi) is 9.56. The Morgan fingerprint density at radius 2 is 2.00 bits per heavy atom. The fourth-order valence-corrected chi connectivity index (χ4v) is 1.48. The van der Waals surface area contributed by atoms with Gasteiger partial charge in [0.05, 0.1) is 0 Å². The van der Waals surface area contributed by atoms with Crippen LogP contribution in [0.15, 0.2) is 12.2 Å². The molecule has 1 atom stereocenters. The number of rotatable bonds is 8. The average molecular weight is 183 g/mol. The van der Waals surface area contributed by atoms with Crippen molar-refractivity contribution in [1.29, 1.82) is 0 Å². The summed E-state index contributed by atoms with van der Waals surface area (Å²) in [4.78, 5) is 0. The second-order valence-electron chi connectivity index (χ2n) is 3.70. The molecule has 2 N–H and O–H groups in total. The van der Waals surface area contributed by atoms with Crippen molar-refractivity contribution in [1.82, 2.24) is 0 Å². The summed E-state index contributed by atoms with van der Waals surface area (Å²) in [5.41, 5.74) is 5.41. The Morgan fingerprint density at radius 3 is 2.54 bits per heavy atom. The van der Waals surface area contributed by atoms with E-state index >= 15 is 0 Å². The Balaban J connectivity index is 3.46. The third-order valence-corrected chi connectivity index (χ3v) is 2.51. The molecule has 0 amide bonds. The molecular formula is C12H25N. The molecule has 78 valence electrons. The van der Waals surface area contributed by atoms with Crippen molar-refractivity contribution in [2.45, 2.75) is 52.4 Å². The first-order chi connectivity index (χ1) is 6.35. The fraction of sp³-hybridized carbons (Fsp3) is 0.833. The van der Waals surface area contributed by atoms with Crippen molar-refractivity contribution in [3.8, 4) is 0 Å². The molecule has 0 aliphatic heterocycles. The van der Waals surface area contributed by atoms with Crippen molar-refractivity contribution in [3.63, 3.8) is 0 Å². The van der Waals surface area contributed by atoms with Crippen LogP contribution in [-0.4, -0.2) is 6.54 Å². The Bertz CT molecular complexity index is 118. The molecular weight excluding hydrogens is 158 g/mol. The quantitative estimate of drug-likeness (QED) is 0.573. The zero-order valence-corrected chi connectivity index (χ0v) is 9.26. The summed E-state index contributed by atoms with van der Waals surface area (Å²) >= 11 is 0. The lowest BCUT2D eigenvalue weighted by Crippen LogP contribution is -1.98. The molecule has 0 heterocycles. The average Bonchev–Trinajstić information content (AvgIpc) is 2.17. The van der Waals surface area contributed by atoms with Gasteiger partial charge in [0.2, 0.25) is 0 Å². The smallest absolute Gasteiger partial charge is 0.00426 e. The minimum atomic E-state index is 0.780. The van der Waals surface area contributed by atoms with Crippen molar-refractivity contribution in [2.75, 3.05) is 6.54 Å². The normalized spacial score (nSPS) is 13.8. The zero-order chi connectivity index (χ0) is 9.94. The number of unbranched alkanes of at least 4 members (excludes halogenated alkanes) is 1. The van der Waals surface area contributed by atoms with Crippen LogP contribution in [0, 0.1) is 5.92 Å². The van der Waals surface area contributed by atoms with E-state index in [4.69, 9.17) is 5.73 Å². The van der Waals surface area contributed by atoms with E-state index in [1.54, 1.807) is 0 Å². The topological polar surface area (TPSA) is 26.0 Å². The lowest BCUT2D eigenvalue weighted by molar-refractivity contribution is 0.456. The van der Waals surface area contributed by atoms with E-state index in [-0.39, 0.29) is 0 Å². The highest BCUT2D eigenvalue weighted by Gasteiger charge is 2.02. The first-order valence-corrected chi connectivity index (χ1v) is 5.70. The molecule has 1 heteroatoms. The molecule has 0 radical (unpaired) electrons. The van der Waals surface area contributed by atoms with Crippen LogP contribution in [0.4, 0.5) is 0 Å². The lowest BCUT2D eigenvalue weighted by atomic mass is 9.96. The highest BCUT2D eigenvalue weighted by molar-refractivity contribution is 4.83. The van der Waals surface area contributed by atoms with Gasteiger partial charge in [0.15, 0.2) is 0 Å². The van der Waals surface area contributed by atoms with Crippen LogP contribution < -0.4 is 5.73 Å². The highest BCUT2D eigenvalue weighted by atomic mass is 14.5. The fourth-order valence-electron chi connectivity index (χ4n) is 1.48. The van der Waals surface area contributed by atoms with Crippen LogP contribution in [0.2, 0.25) is 0 Å². The van der Waals surface area contributed by atoms with Gasteiger partial charge in [-0.3, -0.25) is 0 Å². The van der Waals surface area contributed by atoms with Crippen LogP contribution in [0.3, 0.4) is 0 Å². The van der Waals surface area contributed by atoms with Crippen LogP contribution >= 0.6 is 0 Å². The number of nitrogens with two attached hydrogens (primary N) is 1. The summed E-state index contributed by atoms with van der Waals surface area (Å²) < 4.78 is 0. The Labute approximate surface area is 83.4 Å². The number of hydrogen-bond acceptors (Lipinski definition) is 1. The van der Waals surface area contributed by atoms with Gasteiger partial charge in [0.25, 0.3) is 0 Å². The van der Waals surface area contributed by atoms with Gasteiger partial charge in [-0.2, -0.15) is 0 Å². The van der Waals surface area contributed by atoms with Gasteiger partial charge < -0.3 is 5.73 Å². The molecule has 13 heavy (non-hydrogen) atoms. The Hall–Kier alpha value is -0.300. The molecule has 0 aromatic heterocycles. The molecule has 0 aliphatic rings. The van der Waals surface area contributed by atoms with Gasteiger partial charge in [0.1, 0.15) is 0 Å². The first kappa shape index (κ1) is 12.7. The Morgan fingerprint density at radius 1 is 1.23 bits per heavy atom. The predicted molar refractivity (Wildman–Crippen MR) is 60.7 cm³/mol. The van der Waals surface area contributed by atoms with Gasteiger partial charge in [-0.25, -0.2) is 0 Å². The van der Waals surface area contributed by atoms with Gasteiger partial charge in [-0.15, -0.1) is 0 Å². The maximum atomic E-state index is 5.41. The minimum absolute atomic E-state index is 0.780. The molecule has 0 fully saturated rings. The summed E-state index contributed by atoms with van der Waals surface area (Å²) in [6, 6.07) is 0. The molecule has 0 spiro atoms. The van der Waals surface area contributed by atoms with E-state index in [2.05, 4.69) is 26.0 Å². The molecule has 0 aromatic carbocycles. The number of allylic oxidation sites excluding steroid dienone is 1. The molecule has 0 aromatic rings. The summed E-state index contributed by atoms with van der Waals surface area (Å²) in [5, 5.41) is 0. The van der Waals surface area contributed by atoms with E-state index in [9.17, 15) is 0 Å². The maximum absolute atomic E-state index is 5.41. The van der Waals surface area contributed by atoms with Crippen molar-refractivity contribution >= 4 is 0 Å². The van der Waals surface area contributed by atoms with Crippen LogP contribution in [0.25, 0.3) is 0 Å². The molecule has 0 aliphatic carbocycles. The lowest BCUT2D eigenvalue weighted by Gasteiger charge is -2.10. The second kappa shape index (κ2) is 9.79. The standard InChI is InChI=1S/C12H25N/c1-3-5-9-12(4-2)10-7-6-8-11-13/h6-7,12H,3-5,8-11,13H2,1-2H3. The van der Waals surface area contributed by atoms with Crippen molar-refractivity contribution in [2.24, 2.45) is 11.7 Å². The summed E-state index contributed by atoms with van der Waals surface area (Å²) in [5.74, 6) is 0.897. The SMILES string of the molecule is CCCCC(CC)CC=CCCN. The predicted octanol–water partition coefficient (Wildman–Crippen LogP) is 3.50. The minimum Gasteiger partial charge on any atom is -0.330 e. The van der Waals surface area contributed by atoms with Gasteiger partial charge in [0, 0.05) is 0 Å². The molecule has 0 saturated carbocycles. The first-order valence-electron chi connectivity index (χ1n) is 5.70. The molecule has 1 nitrogen and oxygen atoms in total. The van der Waals surface area contributed by atoms with Crippen molar-refractivity contribution < 1.29 is 0 Å². The summed E-state index contributed by atoms with van der Waals surface area (Å²) in [6.45, 7) is 5.33. The third-order valence-electron chi connectivity index (χ3n) is 2.51. The monoisotopic (exact) mass is 183 g/mol. The van der Waals surface area contributed by atoms with Gasteiger partial charge in [-0.1, -0.05) is 51.7 Å². The summed E-state index contributed by atoms with van der Waals surface area (Å²) in [7, 11) is 0. The molecule has 0 bridgehead atoms. The van der Waals surface area contributed by atoms with E-state index in [0.29, 0.717) is 0 Å². The second-order valence-corrected chi connectivity index (χ2v) is 3.70. The number of hydrogen-bond donors (Lipinski definition) is 1. The molecule has 1 unspecified atom stereocenters. The van der Waals surface area contributed by atoms with E-state index in [0.717, 1.165) is 18.9 Å². The largest absolute Gasteiger partial charge is 0.330 e. The van der Waals surface area contributed by atoms with Gasteiger partial charge in [-0.05, 0) is 25.3 Å². The van der Waals surface area contributed by atoms with Gasteiger partial charge >= 0.3 is 0 Å². The van der Waals surface area contributed by atoms with Crippen molar-refractivity contribution in [3.05, 3.63) is 12.2 Å². The van der Waals surface area contributed by atoms with E-state index in [1.807, 2.05) is 0 Å². The zero-order valence-electron chi connectivity index (χ0n) is 9.26. The highest BCUT2D eigenvalue weighted by Crippen LogP contribution is 2.16. The maximum Gasteiger partial charge on any atom is -0.00426 e. The summed E-state index contributed by atoms with van der Waals surface area (Å²) in [6.07, 6.45) is 12.2. The third kappa shape index (κ3) is 8.04. The molecule has 0 rings (SSSR count).